The van der Waals surface area contributed by atoms with Gasteiger partial charge in [-0.05, 0) is 50.5 Å². The number of hydrogen-bond donors (Lipinski definition) is 0. The first-order chi connectivity index (χ1) is 17.4. The van der Waals surface area contributed by atoms with Crippen LogP contribution in [0.15, 0.2) is 36.7 Å². The number of unbranched alkanes of at least 4 members (excludes halogenated alkanes) is 20. The third-order valence-corrected chi connectivity index (χ3v) is 7.46. The zero-order valence-corrected chi connectivity index (χ0v) is 24.1. The first kappa shape index (κ1) is 31.9. The van der Waals surface area contributed by atoms with Crippen LogP contribution in [0.25, 0.3) is 0 Å². The van der Waals surface area contributed by atoms with E-state index in [9.17, 15) is 0 Å². The van der Waals surface area contributed by atoms with E-state index in [1.165, 1.54) is 166 Å². The number of allylic oxidation sites excluding steroid dienone is 2. The fourth-order valence-electron chi connectivity index (χ4n) is 4.99. The van der Waals surface area contributed by atoms with E-state index in [0.717, 1.165) is 0 Å². The fourth-order valence-corrected chi connectivity index (χ4v) is 4.99. The molecule has 0 aliphatic carbocycles. The molecule has 1 aromatic rings. The highest BCUT2D eigenvalue weighted by atomic mass is 14.9. The van der Waals surface area contributed by atoms with Gasteiger partial charge in [-0.25, -0.2) is 4.57 Å². The molecule has 0 fully saturated rings. The molecular formula is C34H62N+. The summed E-state index contributed by atoms with van der Waals surface area (Å²) in [6.07, 6.45) is 42.8. The Balaban J connectivity index is 1.87. The normalized spacial score (nSPS) is 11.6. The van der Waals surface area contributed by atoms with E-state index in [1.807, 2.05) is 0 Å². The number of nitrogens with zero attached hydrogens (tertiary/aromatic N) is 1. The average molecular weight is 485 g/mol. The summed E-state index contributed by atoms with van der Waals surface area (Å²) in [5, 5.41) is 0. The first-order valence-electron chi connectivity index (χ1n) is 16.0. The van der Waals surface area contributed by atoms with Crippen LogP contribution in [0.3, 0.4) is 0 Å². The summed E-state index contributed by atoms with van der Waals surface area (Å²) in [5.41, 5.74) is 1.52. The molecule has 1 aromatic heterocycles. The molecule has 0 radical (unpaired) electrons. The van der Waals surface area contributed by atoms with Crippen LogP contribution in [0, 0.1) is 0 Å². The number of aryl methyl sites for hydroxylation is 2. The van der Waals surface area contributed by atoms with Gasteiger partial charge in [0.2, 0.25) is 0 Å². The lowest BCUT2D eigenvalue weighted by Crippen LogP contribution is -2.32. The van der Waals surface area contributed by atoms with Gasteiger partial charge in [0.05, 0.1) is 0 Å². The van der Waals surface area contributed by atoms with Gasteiger partial charge in [0.25, 0.3) is 0 Å². The minimum Gasteiger partial charge on any atom is -0.205 e. The SMILES string of the molecule is CCCCCCCC/C=C\CCCCCCCC[n+]1ccc(CCCCCCCCCCC)cc1. The van der Waals surface area contributed by atoms with Crippen LogP contribution in [0.1, 0.15) is 167 Å². The van der Waals surface area contributed by atoms with E-state index >= 15 is 0 Å². The van der Waals surface area contributed by atoms with E-state index in [1.54, 1.807) is 0 Å². The predicted molar refractivity (Wildman–Crippen MR) is 157 cm³/mol. The van der Waals surface area contributed by atoms with E-state index in [0.29, 0.717) is 0 Å². The van der Waals surface area contributed by atoms with Crippen molar-refractivity contribution in [2.75, 3.05) is 0 Å². The topological polar surface area (TPSA) is 3.88 Å². The number of pyridine rings is 1. The zero-order valence-electron chi connectivity index (χ0n) is 24.1. The van der Waals surface area contributed by atoms with Gasteiger partial charge in [0.15, 0.2) is 12.4 Å². The second-order valence-electron chi connectivity index (χ2n) is 11.0. The van der Waals surface area contributed by atoms with Crippen molar-refractivity contribution in [1.29, 1.82) is 0 Å². The van der Waals surface area contributed by atoms with E-state index < -0.39 is 0 Å². The molecule has 35 heavy (non-hydrogen) atoms. The van der Waals surface area contributed by atoms with Gasteiger partial charge in [-0.2, -0.15) is 0 Å². The van der Waals surface area contributed by atoms with Gasteiger partial charge in [0, 0.05) is 18.6 Å². The molecule has 0 saturated carbocycles. The number of hydrogen-bond acceptors (Lipinski definition) is 0. The second-order valence-corrected chi connectivity index (χ2v) is 11.0. The third kappa shape index (κ3) is 21.9. The van der Waals surface area contributed by atoms with Crippen molar-refractivity contribution in [2.24, 2.45) is 0 Å². The standard InChI is InChI=1S/C34H62N/c1-3-5-7-9-11-13-14-15-16-17-18-19-21-23-25-27-31-35-32-29-34(30-33-35)28-26-24-22-20-12-10-8-6-4-2/h15-16,29-30,32-33H,3-14,17-28,31H2,1-2H3/q+1/b16-15-. The molecule has 1 nitrogen and oxygen atoms in total. The van der Waals surface area contributed by atoms with Crippen LogP contribution >= 0.6 is 0 Å². The van der Waals surface area contributed by atoms with E-state index in [-0.39, 0.29) is 0 Å². The Morgan fingerprint density at radius 3 is 1.37 bits per heavy atom. The molecular weight excluding hydrogens is 422 g/mol. The predicted octanol–water partition coefficient (Wildman–Crippen LogP) is 11.1. The van der Waals surface area contributed by atoms with Gasteiger partial charge in [-0.3, -0.25) is 0 Å². The van der Waals surface area contributed by atoms with Crippen LogP contribution in [0.5, 0.6) is 0 Å². The van der Waals surface area contributed by atoms with Crippen molar-refractivity contribution in [2.45, 2.75) is 174 Å². The highest BCUT2D eigenvalue weighted by Gasteiger charge is 2.02. The van der Waals surface area contributed by atoms with E-state index in [2.05, 4.69) is 55.1 Å². The molecule has 0 aromatic carbocycles. The summed E-state index contributed by atoms with van der Waals surface area (Å²) < 4.78 is 2.38. The summed E-state index contributed by atoms with van der Waals surface area (Å²) in [6, 6.07) is 4.70. The maximum Gasteiger partial charge on any atom is 0.169 e. The van der Waals surface area contributed by atoms with Gasteiger partial charge in [-0.1, -0.05) is 129 Å². The van der Waals surface area contributed by atoms with E-state index in [4.69, 9.17) is 0 Å². The molecule has 1 heteroatoms. The van der Waals surface area contributed by atoms with Crippen molar-refractivity contribution >= 4 is 0 Å². The Morgan fingerprint density at radius 2 is 0.886 bits per heavy atom. The molecule has 0 saturated heterocycles. The lowest BCUT2D eigenvalue weighted by atomic mass is 10.0. The second kappa shape index (κ2) is 26.0. The number of rotatable bonds is 26. The quantitative estimate of drug-likeness (QED) is 0.0699. The van der Waals surface area contributed by atoms with Crippen molar-refractivity contribution in [3.8, 4) is 0 Å². The fraction of sp³-hybridized carbons (Fsp3) is 0.794. The molecule has 0 N–H and O–H groups in total. The molecule has 0 aliphatic rings. The molecule has 1 rings (SSSR count). The Hall–Kier alpha value is -1.11. The van der Waals surface area contributed by atoms with Crippen LogP contribution in [-0.4, -0.2) is 0 Å². The molecule has 0 bridgehead atoms. The van der Waals surface area contributed by atoms with Crippen molar-refractivity contribution in [1.82, 2.24) is 0 Å². The Labute approximate surface area is 221 Å². The van der Waals surface area contributed by atoms with Crippen LogP contribution < -0.4 is 4.57 Å². The largest absolute Gasteiger partial charge is 0.205 e. The van der Waals surface area contributed by atoms with Crippen molar-refractivity contribution < 1.29 is 4.57 Å². The Bertz CT molecular complexity index is 558. The van der Waals surface area contributed by atoms with Crippen LogP contribution in [0.2, 0.25) is 0 Å². The lowest BCUT2D eigenvalue weighted by Gasteiger charge is -2.03. The smallest absolute Gasteiger partial charge is 0.169 e. The Morgan fingerprint density at radius 1 is 0.486 bits per heavy atom. The number of aromatic nitrogens is 1. The summed E-state index contributed by atoms with van der Waals surface area (Å²) in [5.74, 6) is 0. The maximum atomic E-state index is 2.43. The molecule has 0 spiro atoms. The lowest BCUT2D eigenvalue weighted by molar-refractivity contribution is -0.697. The van der Waals surface area contributed by atoms with Crippen LogP contribution in [0.4, 0.5) is 0 Å². The van der Waals surface area contributed by atoms with Gasteiger partial charge >= 0.3 is 0 Å². The highest BCUT2D eigenvalue weighted by Crippen LogP contribution is 2.12. The van der Waals surface area contributed by atoms with Crippen molar-refractivity contribution in [3.05, 3.63) is 42.2 Å². The summed E-state index contributed by atoms with van der Waals surface area (Å²) in [4.78, 5) is 0. The highest BCUT2D eigenvalue weighted by molar-refractivity contribution is 5.07. The molecule has 0 aliphatic heterocycles. The van der Waals surface area contributed by atoms with Gasteiger partial charge in [-0.15, -0.1) is 0 Å². The first-order valence-corrected chi connectivity index (χ1v) is 16.0. The minimum absolute atomic E-state index is 1.18. The monoisotopic (exact) mass is 484 g/mol. The molecule has 0 amide bonds. The van der Waals surface area contributed by atoms with Crippen LogP contribution in [-0.2, 0) is 13.0 Å². The molecule has 1 heterocycles. The average Bonchev–Trinajstić information content (AvgIpc) is 2.88. The zero-order chi connectivity index (χ0) is 25.1. The van der Waals surface area contributed by atoms with Gasteiger partial charge in [0.1, 0.15) is 6.54 Å². The molecule has 202 valence electrons. The van der Waals surface area contributed by atoms with Gasteiger partial charge < -0.3 is 0 Å². The third-order valence-electron chi connectivity index (χ3n) is 7.46. The summed E-state index contributed by atoms with van der Waals surface area (Å²) >= 11 is 0. The molecule has 0 unspecified atom stereocenters. The minimum atomic E-state index is 1.18. The van der Waals surface area contributed by atoms with Crippen molar-refractivity contribution in [3.63, 3.8) is 0 Å². The summed E-state index contributed by atoms with van der Waals surface area (Å²) in [6.45, 7) is 5.77. The maximum absolute atomic E-state index is 2.43. The summed E-state index contributed by atoms with van der Waals surface area (Å²) in [7, 11) is 0. The Kier molecular flexibility index (Phi) is 23.7. The molecule has 0 atom stereocenters.